The third-order valence-corrected chi connectivity index (χ3v) is 17.0. The van der Waals surface area contributed by atoms with E-state index < -0.39 is 17.9 Å². The van der Waals surface area contributed by atoms with Gasteiger partial charge in [-0.2, -0.15) is 0 Å². The molecule has 0 atom stereocenters. The van der Waals surface area contributed by atoms with Crippen LogP contribution in [-0.2, 0) is 0 Å². The fraction of sp³-hybridized carbons (Fsp3) is 0.143. The van der Waals surface area contributed by atoms with Gasteiger partial charge >= 0.3 is 125 Å². The molecule has 2 nitrogen and oxygen atoms in total. The maximum atomic E-state index is 6.68. The first-order valence-electron chi connectivity index (χ1n) is 5.65. The number of methoxy groups -OCH3 is 2. The molecule has 0 spiro atoms. The fourth-order valence-electron chi connectivity index (χ4n) is 1.69. The van der Waals surface area contributed by atoms with Gasteiger partial charge in [0.2, 0.25) is 0 Å². The van der Waals surface area contributed by atoms with Crippen molar-refractivity contribution in [3.05, 3.63) is 48.5 Å². The van der Waals surface area contributed by atoms with E-state index in [0.29, 0.717) is 0 Å². The average Bonchev–Trinajstić information content (AvgIpc) is 2.47. The van der Waals surface area contributed by atoms with Gasteiger partial charge in [-0.05, 0) is 0 Å². The van der Waals surface area contributed by atoms with E-state index in [-0.39, 0.29) is 0 Å². The summed E-state index contributed by atoms with van der Waals surface area (Å²) in [4.78, 5) is 0. The molecular formula is C14H14BiCl2O2. The van der Waals surface area contributed by atoms with E-state index in [0.717, 1.165) is 18.0 Å². The minimum absolute atomic E-state index is 0.801. The number of benzene rings is 2. The van der Waals surface area contributed by atoms with Crippen LogP contribution in [0.25, 0.3) is 0 Å². The van der Waals surface area contributed by atoms with Crippen molar-refractivity contribution in [3.63, 3.8) is 0 Å². The van der Waals surface area contributed by atoms with Crippen molar-refractivity contribution in [1.82, 2.24) is 0 Å². The molecule has 0 bridgehead atoms. The van der Waals surface area contributed by atoms with E-state index >= 15 is 0 Å². The Labute approximate surface area is 124 Å². The van der Waals surface area contributed by atoms with Crippen LogP contribution in [0.2, 0.25) is 0 Å². The molecular weight excluding hydrogens is 480 g/mol. The molecule has 101 valence electrons. The van der Waals surface area contributed by atoms with Crippen LogP contribution < -0.4 is 16.0 Å². The van der Waals surface area contributed by atoms with Crippen LogP contribution >= 0.6 is 17.0 Å². The SMILES string of the molecule is COc1cc[c]([Bi]([Cl])([Cl])[c]2ccc(OC)cc2)cc1. The van der Waals surface area contributed by atoms with Crippen LogP contribution in [0, 0.1) is 0 Å². The molecule has 2 rings (SSSR count). The summed E-state index contributed by atoms with van der Waals surface area (Å²) in [5.74, 6) is 1.60. The van der Waals surface area contributed by atoms with Crippen LogP contribution in [-0.4, -0.2) is 32.1 Å². The van der Waals surface area contributed by atoms with E-state index in [1.54, 1.807) is 14.2 Å². The van der Waals surface area contributed by atoms with Gasteiger partial charge in [0, 0.05) is 0 Å². The molecule has 0 unspecified atom stereocenters. The number of rotatable bonds is 4. The summed E-state index contributed by atoms with van der Waals surface area (Å²) >= 11 is -3.57. The van der Waals surface area contributed by atoms with Gasteiger partial charge in [0.1, 0.15) is 0 Å². The summed E-state index contributed by atoms with van der Waals surface area (Å²) in [6, 6.07) is 15.3. The molecule has 2 aromatic carbocycles. The van der Waals surface area contributed by atoms with E-state index in [1.165, 1.54) is 0 Å². The molecule has 0 N–H and O–H groups in total. The zero-order chi connectivity index (χ0) is 13.9. The standard InChI is InChI=1S/2C7H7O.Bi.2ClH/c2*1-8-7-5-3-2-4-6-7;;;/h2*3-6H,1H3;;2*1H/q;;+2;;/p-2. The van der Waals surface area contributed by atoms with Gasteiger partial charge < -0.3 is 0 Å². The van der Waals surface area contributed by atoms with Crippen LogP contribution in [0.3, 0.4) is 0 Å². The predicted octanol–water partition coefficient (Wildman–Crippen LogP) is 2.74. The van der Waals surface area contributed by atoms with E-state index in [9.17, 15) is 0 Å². The van der Waals surface area contributed by atoms with Crippen LogP contribution in [0.5, 0.6) is 11.5 Å². The first kappa shape index (κ1) is 14.9. The van der Waals surface area contributed by atoms with Crippen molar-refractivity contribution in [1.29, 1.82) is 0 Å². The average molecular weight is 494 g/mol. The summed E-state index contributed by atoms with van der Waals surface area (Å²) in [5, 5.41) is 0. The van der Waals surface area contributed by atoms with Crippen LogP contribution in [0.1, 0.15) is 0 Å². The Bertz CT molecular complexity index is 489. The molecule has 1 radical (unpaired) electrons. The second-order valence-corrected chi connectivity index (χ2v) is 22.3. The summed E-state index contributed by atoms with van der Waals surface area (Å²) in [7, 11) is 16.6. The Morgan fingerprint density at radius 3 is 1.26 bits per heavy atom. The number of hydrogen-bond acceptors (Lipinski definition) is 2. The van der Waals surface area contributed by atoms with Gasteiger partial charge in [-0.15, -0.1) is 0 Å². The molecule has 0 saturated heterocycles. The number of ether oxygens (including phenoxy) is 2. The molecule has 0 aliphatic rings. The van der Waals surface area contributed by atoms with Crippen molar-refractivity contribution < 1.29 is 9.47 Å². The summed E-state index contributed by atoms with van der Waals surface area (Å²) in [5.41, 5.74) is 0. The Morgan fingerprint density at radius 1 is 0.684 bits per heavy atom. The molecule has 0 saturated carbocycles. The Balaban J connectivity index is 2.33. The molecule has 19 heavy (non-hydrogen) atoms. The quantitative estimate of drug-likeness (QED) is 0.610. The maximum absolute atomic E-state index is 6.68. The van der Waals surface area contributed by atoms with Gasteiger partial charge in [0.15, 0.2) is 0 Å². The van der Waals surface area contributed by atoms with Crippen LogP contribution in [0.15, 0.2) is 48.5 Å². The van der Waals surface area contributed by atoms with Gasteiger partial charge in [-0.25, -0.2) is 0 Å². The van der Waals surface area contributed by atoms with E-state index in [1.807, 2.05) is 48.5 Å². The predicted molar refractivity (Wildman–Crippen MR) is 82.7 cm³/mol. The summed E-state index contributed by atoms with van der Waals surface area (Å²) < 4.78 is 12.3. The van der Waals surface area contributed by atoms with Gasteiger partial charge in [0.05, 0.1) is 0 Å². The summed E-state index contributed by atoms with van der Waals surface area (Å²) in [6.45, 7) is 0. The monoisotopic (exact) mass is 493 g/mol. The summed E-state index contributed by atoms with van der Waals surface area (Å²) in [6.07, 6.45) is 0. The Hall–Kier alpha value is -0.497. The van der Waals surface area contributed by atoms with E-state index in [2.05, 4.69) is 0 Å². The number of halogens is 2. The van der Waals surface area contributed by atoms with Gasteiger partial charge in [-0.3, -0.25) is 0 Å². The Kier molecular flexibility index (Phi) is 4.94. The van der Waals surface area contributed by atoms with Gasteiger partial charge in [-0.1, -0.05) is 0 Å². The minimum atomic E-state index is -3.57. The first-order valence-corrected chi connectivity index (χ1v) is 17.7. The second-order valence-electron chi connectivity index (χ2n) is 3.91. The topological polar surface area (TPSA) is 18.5 Å². The second kappa shape index (κ2) is 6.30. The van der Waals surface area contributed by atoms with Crippen LogP contribution in [0.4, 0.5) is 0 Å². The first-order chi connectivity index (χ1) is 9.07. The van der Waals surface area contributed by atoms with Crippen molar-refractivity contribution in [2.75, 3.05) is 14.2 Å². The van der Waals surface area contributed by atoms with Crippen molar-refractivity contribution in [2.45, 2.75) is 0 Å². The molecule has 0 heterocycles. The normalized spacial score (nSPS) is 11.2. The molecule has 5 heteroatoms. The Morgan fingerprint density at radius 2 is 1.00 bits per heavy atom. The molecule has 0 aliphatic carbocycles. The molecule has 2 aromatic rings. The third kappa shape index (κ3) is 3.34. The van der Waals surface area contributed by atoms with Crippen molar-refractivity contribution >= 4 is 41.4 Å². The fourth-order valence-corrected chi connectivity index (χ4v) is 10.9. The molecule has 0 aliphatic heterocycles. The van der Waals surface area contributed by atoms with E-state index in [4.69, 9.17) is 26.5 Å². The third-order valence-electron chi connectivity index (χ3n) is 2.79. The number of hydrogen-bond donors (Lipinski definition) is 0. The zero-order valence-corrected chi connectivity index (χ0v) is 15.6. The zero-order valence-electron chi connectivity index (χ0n) is 10.6. The molecule has 0 fully saturated rings. The molecule has 0 aromatic heterocycles. The molecule has 0 amide bonds. The van der Waals surface area contributed by atoms with Crippen molar-refractivity contribution in [3.8, 4) is 11.5 Å². The van der Waals surface area contributed by atoms with Gasteiger partial charge in [0.25, 0.3) is 0 Å². The van der Waals surface area contributed by atoms with Crippen molar-refractivity contribution in [2.24, 2.45) is 0 Å².